The summed E-state index contributed by atoms with van der Waals surface area (Å²) in [5.41, 5.74) is 2.03. The van der Waals surface area contributed by atoms with Gasteiger partial charge in [0.25, 0.3) is 5.91 Å². The van der Waals surface area contributed by atoms with Crippen LogP contribution in [0.5, 0.6) is 0 Å². The number of nitrogens with one attached hydrogen (secondary N) is 1. The molecule has 2 amide bonds. The highest BCUT2D eigenvalue weighted by Gasteiger charge is 2.40. The molecule has 1 aromatic carbocycles. The zero-order chi connectivity index (χ0) is 23.9. The van der Waals surface area contributed by atoms with E-state index >= 15 is 0 Å². The van der Waals surface area contributed by atoms with Crippen LogP contribution in [-0.2, 0) is 4.74 Å². The number of carbonyl (C=O) groups excluding carboxylic acids is 2. The van der Waals surface area contributed by atoms with E-state index in [1.807, 2.05) is 55.8 Å². The summed E-state index contributed by atoms with van der Waals surface area (Å²) in [5.74, 6) is 0.103. The predicted octanol–water partition coefficient (Wildman–Crippen LogP) is 3.40. The van der Waals surface area contributed by atoms with Gasteiger partial charge in [-0.3, -0.25) is 4.79 Å². The number of benzene rings is 1. The molecule has 0 atom stereocenters. The molecule has 1 aliphatic heterocycles. The zero-order valence-corrected chi connectivity index (χ0v) is 19.5. The molecule has 1 saturated heterocycles. The van der Waals surface area contributed by atoms with Gasteiger partial charge in [0.15, 0.2) is 0 Å². The van der Waals surface area contributed by atoms with E-state index in [9.17, 15) is 9.59 Å². The molecule has 34 heavy (non-hydrogen) atoms. The van der Waals surface area contributed by atoms with Gasteiger partial charge in [-0.2, -0.15) is 0 Å². The monoisotopic (exact) mass is 464 g/mol. The summed E-state index contributed by atoms with van der Waals surface area (Å²) in [4.78, 5) is 26.5. The quantitative estimate of drug-likeness (QED) is 0.615. The van der Waals surface area contributed by atoms with Crippen LogP contribution in [0.2, 0.25) is 0 Å². The van der Waals surface area contributed by atoms with Crippen molar-refractivity contribution in [1.29, 1.82) is 0 Å². The summed E-state index contributed by atoms with van der Waals surface area (Å²) >= 11 is 0. The maximum absolute atomic E-state index is 12.6. The fourth-order valence-corrected chi connectivity index (χ4v) is 4.26. The number of rotatable bonds is 5. The Balaban J connectivity index is 1.12. The Morgan fingerprint density at radius 3 is 2.59 bits per heavy atom. The summed E-state index contributed by atoms with van der Waals surface area (Å²) in [7, 11) is 0. The largest absolute Gasteiger partial charge is 0.444 e. The smallest absolute Gasteiger partial charge is 0.410 e. The van der Waals surface area contributed by atoms with Crippen molar-refractivity contribution in [1.82, 2.24) is 30.4 Å². The van der Waals surface area contributed by atoms with Crippen LogP contribution in [0.4, 0.5) is 4.79 Å². The Morgan fingerprint density at radius 2 is 1.88 bits per heavy atom. The molecule has 0 radical (unpaired) electrons. The lowest BCUT2D eigenvalue weighted by molar-refractivity contribution is 0.00715. The number of hydrogen-bond donors (Lipinski definition) is 1. The zero-order valence-electron chi connectivity index (χ0n) is 19.5. The molecule has 178 valence electrons. The van der Waals surface area contributed by atoms with Crippen LogP contribution in [-0.4, -0.2) is 61.8 Å². The first-order valence-corrected chi connectivity index (χ1v) is 11.5. The van der Waals surface area contributed by atoms with Crippen LogP contribution >= 0.6 is 0 Å². The van der Waals surface area contributed by atoms with Gasteiger partial charge < -0.3 is 19.5 Å². The van der Waals surface area contributed by atoms with Crippen LogP contribution in [0.25, 0.3) is 11.3 Å². The van der Waals surface area contributed by atoms with E-state index < -0.39 is 5.60 Å². The third-order valence-electron chi connectivity index (χ3n) is 6.15. The lowest BCUT2D eigenvalue weighted by Crippen LogP contribution is -2.51. The van der Waals surface area contributed by atoms with Gasteiger partial charge in [-0.25, -0.2) is 9.48 Å². The molecule has 2 aliphatic rings. The van der Waals surface area contributed by atoms with E-state index in [0.717, 1.165) is 24.1 Å². The lowest BCUT2D eigenvalue weighted by Gasteiger charge is -2.41. The summed E-state index contributed by atoms with van der Waals surface area (Å²) < 4.78 is 12.6. The first-order chi connectivity index (χ1) is 16.3. The second kappa shape index (κ2) is 8.58. The Bertz CT molecular complexity index is 1170. The van der Waals surface area contributed by atoms with Crippen LogP contribution in [0, 0.1) is 0 Å². The third-order valence-corrected chi connectivity index (χ3v) is 6.15. The van der Waals surface area contributed by atoms with Crippen molar-refractivity contribution in [2.45, 2.75) is 57.2 Å². The van der Waals surface area contributed by atoms with Gasteiger partial charge in [0.05, 0.1) is 17.9 Å². The fourth-order valence-electron chi connectivity index (χ4n) is 4.26. The molecule has 10 heteroatoms. The number of amides is 2. The Hall–Kier alpha value is -3.69. The van der Waals surface area contributed by atoms with Gasteiger partial charge in [-0.15, -0.1) is 5.10 Å². The fraction of sp³-hybridized carbons (Fsp3) is 0.458. The minimum atomic E-state index is -0.508. The average Bonchev–Trinajstić information content (AvgIpc) is 3.39. The molecule has 2 fully saturated rings. The minimum absolute atomic E-state index is 0.0273. The van der Waals surface area contributed by atoms with Crippen molar-refractivity contribution < 1.29 is 18.8 Å². The van der Waals surface area contributed by atoms with Crippen LogP contribution in [0.1, 0.15) is 61.8 Å². The highest BCUT2D eigenvalue weighted by atomic mass is 16.6. The minimum Gasteiger partial charge on any atom is -0.444 e. The van der Waals surface area contributed by atoms with Crippen LogP contribution < -0.4 is 5.32 Å². The first-order valence-electron chi connectivity index (χ1n) is 11.5. The number of nitrogens with zero attached hydrogens (tertiary/aromatic N) is 5. The second-order valence-corrected chi connectivity index (χ2v) is 9.92. The van der Waals surface area contributed by atoms with Crippen molar-refractivity contribution in [2.75, 3.05) is 13.1 Å². The maximum Gasteiger partial charge on any atom is 0.410 e. The molecule has 1 N–H and O–H groups in total. The highest BCUT2D eigenvalue weighted by molar-refractivity contribution is 5.92. The molecule has 2 aromatic heterocycles. The van der Waals surface area contributed by atoms with Crippen molar-refractivity contribution in [3.63, 3.8) is 0 Å². The second-order valence-electron chi connectivity index (χ2n) is 9.92. The van der Waals surface area contributed by atoms with E-state index in [2.05, 4.69) is 20.8 Å². The number of hydrogen-bond acceptors (Lipinski definition) is 7. The molecule has 0 spiro atoms. The van der Waals surface area contributed by atoms with E-state index in [1.165, 1.54) is 0 Å². The topological polar surface area (TPSA) is 115 Å². The van der Waals surface area contributed by atoms with Gasteiger partial charge in [-0.1, -0.05) is 40.7 Å². The van der Waals surface area contributed by atoms with Gasteiger partial charge in [0.2, 0.25) is 5.76 Å². The Kier molecular flexibility index (Phi) is 5.59. The van der Waals surface area contributed by atoms with E-state index in [4.69, 9.17) is 9.26 Å². The van der Waals surface area contributed by atoms with Crippen molar-refractivity contribution in [2.24, 2.45) is 0 Å². The normalized spacial score (nSPS) is 20.4. The predicted molar refractivity (Wildman–Crippen MR) is 122 cm³/mol. The molecule has 3 aromatic rings. The lowest BCUT2D eigenvalue weighted by atomic mass is 9.85. The number of aromatic nitrogens is 4. The molecule has 10 nitrogen and oxygen atoms in total. The van der Waals surface area contributed by atoms with Crippen molar-refractivity contribution in [3.8, 4) is 11.3 Å². The number of likely N-dealkylation sites (tertiary alicyclic amines) is 1. The number of carbonyl (C=O) groups is 2. The van der Waals surface area contributed by atoms with Gasteiger partial charge in [0.1, 0.15) is 11.3 Å². The van der Waals surface area contributed by atoms with Crippen molar-refractivity contribution in [3.05, 3.63) is 54.0 Å². The van der Waals surface area contributed by atoms with Crippen molar-refractivity contribution >= 4 is 12.0 Å². The van der Waals surface area contributed by atoms with Gasteiger partial charge in [-0.05, 0) is 33.6 Å². The Morgan fingerprint density at radius 1 is 1.15 bits per heavy atom. The van der Waals surface area contributed by atoms with E-state index in [-0.39, 0.29) is 35.8 Å². The molecule has 0 unspecified atom stereocenters. The standard InChI is InChI=1S/C24H28N6O4/c1-24(2,3)33-23(32)29-13-16(14-29)20-12-25-28-30(20)18-9-17(10-18)26-22(31)21-11-19(27-34-21)15-7-5-4-6-8-15/h4-8,11-12,16-18H,9-10,13-14H2,1-3H3,(H,26,31)/t17-,18-. The number of ether oxygens (including phenoxy) is 1. The molecule has 3 heterocycles. The summed E-state index contributed by atoms with van der Waals surface area (Å²) in [6, 6.07) is 11.4. The SMILES string of the molecule is CC(C)(C)OC(=O)N1CC(c2cnnn2[C@H]2C[C@H](NC(=O)c3cc(-c4ccccc4)no3)C2)C1. The summed E-state index contributed by atoms with van der Waals surface area (Å²) in [6.07, 6.45) is 2.98. The molecular formula is C24H28N6O4. The average molecular weight is 465 g/mol. The van der Waals surface area contributed by atoms with E-state index in [1.54, 1.807) is 17.2 Å². The van der Waals surface area contributed by atoms with Crippen LogP contribution in [0.3, 0.4) is 0 Å². The van der Waals surface area contributed by atoms with Gasteiger partial charge >= 0.3 is 6.09 Å². The molecule has 0 bridgehead atoms. The third kappa shape index (κ3) is 4.52. The molecular weight excluding hydrogens is 436 g/mol. The maximum atomic E-state index is 12.6. The van der Waals surface area contributed by atoms with Crippen LogP contribution in [0.15, 0.2) is 47.1 Å². The molecule has 5 rings (SSSR count). The summed E-state index contributed by atoms with van der Waals surface area (Å²) in [6.45, 7) is 6.75. The van der Waals surface area contributed by atoms with E-state index in [0.29, 0.717) is 18.8 Å². The van der Waals surface area contributed by atoms with Gasteiger partial charge in [0, 0.05) is 36.7 Å². The Labute approximate surface area is 197 Å². The highest BCUT2D eigenvalue weighted by Crippen LogP contribution is 2.36. The molecule has 1 aliphatic carbocycles. The molecule has 1 saturated carbocycles. The first kappa shape index (κ1) is 22.1. The summed E-state index contributed by atoms with van der Waals surface area (Å²) in [5, 5.41) is 15.4.